The number of hydrogen-bond acceptors (Lipinski definition) is 5. The van der Waals surface area contributed by atoms with Gasteiger partial charge >= 0.3 is 18.2 Å². The predicted octanol–water partition coefficient (Wildman–Crippen LogP) is 5.71. The molecule has 3 N–H and O–H groups in total. The van der Waals surface area contributed by atoms with E-state index in [2.05, 4.69) is 27.7 Å². The molecule has 3 aliphatic rings. The molecule has 0 bridgehead atoms. The number of ether oxygens (including phenoxy) is 2. The van der Waals surface area contributed by atoms with E-state index in [9.17, 15) is 26.7 Å². The Morgan fingerprint density at radius 1 is 1.02 bits per heavy atom. The summed E-state index contributed by atoms with van der Waals surface area (Å²) in [7, 11) is 3.30. The molecule has 0 spiro atoms. The number of hydrogen-bond donors (Lipinski definition) is 3. The Morgan fingerprint density at radius 2 is 1.71 bits per heavy atom. The molecule has 2 aromatic rings. The van der Waals surface area contributed by atoms with Gasteiger partial charge < -0.3 is 25.2 Å². The molecule has 230 valence electrons. The number of alkyl halides is 3. The van der Waals surface area contributed by atoms with Gasteiger partial charge in [-0.15, -0.1) is 0 Å². The molecule has 13 heteroatoms. The number of carboxylic acid groups (broad SMARTS) is 1. The monoisotopic (exact) mass is 599 g/mol. The van der Waals surface area contributed by atoms with E-state index in [1.165, 1.54) is 18.4 Å². The average molecular weight is 600 g/mol. The van der Waals surface area contributed by atoms with Gasteiger partial charge in [-0.05, 0) is 80.8 Å². The number of benzene rings is 2. The van der Waals surface area contributed by atoms with Crippen LogP contribution in [0.15, 0.2) is 36.4 Å². The van der Waals surface area contributed by atoms with Crippen molar-refractivity contribution in [1.29, 1.82) is 0 Å². The van der Waals surface area contributed by atoms with Crippen LogP contribution in [-0.4, -0.2) is 67.6 Å². The molecular formula is C29H34F5N3O5. The van der Waals surface area contributed by atoms with Gasteiger partial charge in [-0.25, -0.2) is 18.4 Å². The normalized spacial score (nSPS) is 23.7. The number of methoxy groups -OCH3 is 2. The first-order valence-corrected chi connectivity index (χ1v) is 13.7. The number of halogens is 5. The number of amides is 2. The van der Waals surface area contributed by atoms with Gasteiger partial charge in [0.15, 0.2) is 11.5 Å². The number of urea groups is 1. The lowest BCUT2D eigenvalue weighted by atomic mass is 9.65. The van der Waals surface area contributed by atoms with Crippen molar-refractivity contribution in [1.82, 2.24) is 10.2 Å². The molecule has 2 amide bonds. The molecule has 1 aliphatic heterocycles. The van der Waals surface area contributed by atoms with Crippen LogP contribution < -0.4 is 20.1 Å². The van der Waals surface area contributed by atoms with Gasteiger partial charge in [0.1, 0.15) is 11.6 Å². The highest BCUT2D eigenvalue weighted by Crippen LogP contribution is 2.51. The van der Waals surface area contributed by atoms with Crippen LogP contribution in [0, 0.1) is 17.6 Å². The quantitative estimate of drug-likeness (QED) is 0.353. The van der Waals surface area contributed by atoms with Gasteiger partial charge in [0.25, 0.3) is 0 Å². The lowest BCUT2D eigenvalue weighted by Gasteiger charge is -2.45. The summed E-state index contributed by atoms with van der Waals surface area (Å²) in [4.78, 5) is 24.2. The summed E-state index contributed by atoms with van der Waals surface area (Å²) in [6, 6.07) is 9.00. The Balaban J connectivity index is 0.000000517. The van der Waals surface area contributed by atoms with Crippen LogP contribution in [0.1, 0.15) is 44.1 Å². The SMILES string of the molecule is COc1ccc(C23CCC(NC(=O)Nc4cc(F)ccc4F)CC2N(CC2CC2)CC3)cc1OC.O=C(O)C(F)(F)F. The summed E-state index contributed by atoms with van der Waals surface area (Å²) >= 11 is 0. The second-order valence-corrected chi connectivity index (χ2v) is 10.9. The topological polar surface area (TPSA) is 100 Å². The Morgan fingerprint density at radius 3 is 2.33 bits per heavy atom. The van der Waals surface area contributed by atoms with Crippen LogP contribution >= 0.6 is 0 Å². The number of rotatable bonds is 7. The molecule has 3 unspecified atom stereocenters. The van der Waals surface area contributed by atoms with E-state index in [1.54, 1.807) is 14.2 Å². The number of nitrogens with zero attached hydrogens (tertiary/aromatic N) is 1. The van der Waals surface area contributed by atoms with Crippen molar-refractivity contribution in [3.05, 3.63) is 53.6 Å². The van der Waals surface area contributed by atoms with Gasteiger partial charge in [0.05, 0.1) is 19.9 Å². The Kier molecular flexibility index (Phi) is 9.49. The third kappa shape index (κ3) is 7.23. The van der Waals surface area contributed by atoms with Crippen molar-refractivity contribution in [3.63, 3.8) is 0 Å². The lowest BCUT2D eigenvalue weighted by Crippen LogP contribution is -2.53. The van der Waals surface area contributed by atoms with E-state index >= 15 is 0 Å². The van der Waals surface area contributed by atoms with Crippen molar-refractivity contribution in [2.45, 2.75) is 62.2 Å². The number of nitrogens with one attached hydrogen (secondary N) is 2. The van der Waals surface area contributed by atoms with Crippen molar-refractivity contribution in [2.24, 2.45) is 5.92 Å². The van der Waals surface area contributed by atoms with Crippen LogP contribution in [0.2, 0.25) is 0 Å². The van der Waals surface area contributed by atoms with E-state index < -0.39 is 29.8 Å². The molecule has 3 fully saturated rings. The fourth-order valence-corrected chi connectivity index (χ4v) is 6.05. The van der Waals surface area contributed by atoms with E-state index in [0.717, 1.165) is 68.6 Å². The summed E-state index contributed by atoms with van der Waals surface area (Å²) in [6.45, 7) is 2.12. The molecule has 8 nitrogen and oxygen atoms in total. The lowest BCUT2D eigenvalue weighted by molar-refractivity contribution is -0.192. The van der Waals surface area contributed by atoms with E-state index in [0.29, 0.717) is 5.75 Å². The molecule has 2 aromatic carbocycles. The zero-order valence-electron chi connectivity index (χ0n) is 23.3. The third-order valence-corrected chi connectivity index (χ3v) is 8.27. The molecule has 1 heterocycles. The molecule has 2 saturated carbocycles. The van der Waals surface area contributed by atoms with E-state index in [4.69, 9.17) is 19.4 Å². The molecule has 2 aliphatic carbocycles. The standard InChI is InChI=1S/C27H33F2N3O3.C2HF3O2/c1-34-23-8-5-18(13-24(23)35-2)27-10-9-20(15-25(27)32(12-11-27)16-17-3-4-17)30-26(33)31-22-14-19(28)6-7-21(22)29;3-2(4,5)1(6)7/h5-8,13-14,17,20,25H,3-4,9-12,15-16H2,1-2H3,(H2,30,31,33);(H,6,7). The molecule has 3 atom stereocenters. The number of carbonyl (C=O) groups is 2. The first-order valence-electron chi connectivity index (χ1n) is 13.7. The number of carbonyl (C=O) groups excluding carboxylic acids is 1. The van der Waals surface area contributed by atoms with E-state index in [-0.39, 0.29) is 23.2 Å². The maximum absolute atomic E-state index is 14.0. The molecular weight excluding hydrogens is 565 g/mol. The summed E-state index contributed by atoms with van der Waals surface area (Å²) in [5.41, 5.74) is 1.08. The summed E-state index contributed by atoms with van der Waals surface area (Å²) in [5.74, 6) is -1.80. The number of fused-ring (bicyclic) bond motifs is 1. The Labute approximate surface area is 240 Å². The van der Waals surface area contributed by atoms with Gasteiger partial charge in [0, 0.05) is 30.1 Å². The summed E-state index contributed by atoms with van der Waals surface area (Å²) in [6.07, 6.45) is 1.09. The van der Waals surface area contributed by atoms with Crippen molar-refractivity contribution >= 4 is 17.7 Å². The summed E-state index contributed by atoms with van der Waals surface area (Å²) in [5, 5.41) is 12.6. The highest BCUT2D eigenvalue weighted by Gasteiger charge is 2.52. The largest absolute Gasteiger partial charge is 0.493 e. The third-order valence-electron chi connectivity index (χ3n) is 8.27. The number of aliphatic carboxylic acids is 1. The number of anilines is 1. The second kappa shape index (κ2) is 12.7. The van der Waals surface area contributed by atoms with Gasteiger partial charge in [-0.2, -0.15) is 13.2 Å². The fourth-order valence-electron chi connectivity index (χ4n) is 6.05. The zero-order valence-corrected chi connectivity index (χ0v) is 23.3. The fraction of sp³-hybridized carbons (Fsp3) is 0.517. The maximum atomic E-state index is 14.0. The van der Waals surface area contributed by atoms with Crippen LogP contribution in [0.3, 0.4) is 0 Å². The van der Waals surface area contributed by atoms with Crippen molar-refractivity contribution in [3.8, 4) is 11.5 Å². The maximum Gasteiger partial charge on any atom is 0.490 e. The molecule has 42 heavy (non-hydrogen) atoms. The predicted molar refractivity (Wildman–Crippen MR) is 144 cm³/mol. The molecule has 1 saturated heterocycles. The van der Waals surface area contributed by atoms with Crippen LogP contribution in [0.5, 0.6) is 11.5 Å². The highest BCUT2D eigenvalue weighted by molar-refractivity contribution is 5.89. The van der Waals surface area contributed by atoms with Crippen LogP contribution in [0.4, 0.5) is 32.4 Å². The molecule has 5 rings (SSSR count). The smallest absolute Gasteiger partial charge is 0.490 e. The summed E-state index contributed by atoms with van der Waals surface area (Å²) < 4.78 is 70.3. The second-order valence-electron chi connectivity index (χ2n) is 10.9. The molecule has 0 aromatic heterocycles. The minimum absolute atomic E-state index is 0.0161. The number of likely N-dealkylation sites (tertiary alicyclic amines) is 1. The van der Waals surface area contributed by atoms with Gasteiger partial charge in [-0.3, -0.25) is 4.90 Å². The zero-order chi connectivity index (χ0) is 30.7. The Hall–Kier alpha value is -3.61. The van der Waals surface area contributed by atoms with Crippen LogP contribution in [0.25, 0.3) is 0 Å². The minimum atomic E-state index is -5.08. The van der Waals surface area contributed by atoms with E-state index in [1.807, 2.05) is 6.07 Å². The average Bonchev–Trinajstić information content (AvgIpc) is 3.70. The first kappa shape index (κ1) is 31.3. The van der Waals surface area contributed by atoms with Gasteiger partial charge in [0.2, 0.25) is 0 Å². The highest BCUT2D eigenvalue weighted by atomic mass is 19.4. The van der Waals surface area contributed by atoms with Crippen molar-refractivity contribution in [2.75, 3.05) is 32.6 Å². The van der Waals surface area contributed by atoms with Gasteiger partial charge in [-0.1, -0.05) is 6.07 Å². The first-order chi connectivity index (χ1) is 19.9. The number of carboxylic acids is 1. The van der Waals surface area contributed by atoms with Crippen LogP contribution in [-0.2, 0) is 10.2 Å². The minimum Gasteiger partial charge on any atom is -0.493 e. The Bertz CT molecular complexity index is 1290. The molecule has 0 radical (unpaired) electrons. The van der Waals surface area contributed by atoms with Crippen molar-refractivity contribution < 1.29 is 46.1 Å².